The van der Waals surface area contributed by atoms with Gasteiger partial charge in [0.25, 0.3) is 11.8 Å². The van der Waals surface area contributed by atoms with E-state index in [9.17, 15) is 19.8 Å². The molecule has 9 nitrogen and oxygen atoms in total. The van der Waals surface area contributed by atoms with Gasteiger partial charge in [-0.2, -0.15) is 5.10 Å². The molecular weight excluding hydrogens is 362 g/mol. The van der Waals surface area contributed by atoms with Gasteiger partial charge in [0.2, 0.25) is 0 Å². The Morgan fingerprint density at radius 1 is 1.14 bits per heavy atom. The van der Waals surface area contributed by atoms with E-state index in [0.29, 0.717) is 26.2 Å². The summed E-state index contributed by atoms with van der Waals surface area (Å²) >= 11 is 0. The molecule has 1 saturated heterocycles. The summed E-state index contributed by atoms with van der Waals surface area (Å²) in [7, 11) is 0. The molecule has 1 aliphatic heterocycles. The Kier molecular flexibility index (Phi) is 6.40. The summed E-state index contributed by atoms with van der Waals surface area (Å²) in [6.07, 6.45) is -0.0981. The standard InChI is InChI=1S/C19H25N5O4/c1-13(14-3-5-15(6-4-14)24-10-2-7-21-24)22-18(27)16(25)17(26)19(28)23-11-8-20-9-12-23/h2-7,10,13,16-17,20,25-26H,8-9,11-12H2,1H3,(H,22,27)/t13-,16-,17-/m1/s1. The first-order valence-corrected chi connectivity index (χ1v) is 9.23. The monoisotopic (exact) mass is 387 g/mol. The number of hydrogen-bond acceptors (Lipinski definition) is 6. The van der Waals surface area contributed by atoms with Crippen molar-refractivity contribution < 1.29 is 19.8 Å². The fraction of sp³-hybridized carbons (Fsp3) is 0.421. The Morgan fingerprint density at radius 2 is 1.82 bits per heavy atom. The van der Waals surface area contributed by atoms with Gasteiger partial charge in [0, 0.05) is 38.6 Å². The Labute approximate surface area is 163 Å². The minimum Gasteiger partial charge on any atom is -0.380 e. The first kappa shape index (κ1) is 20.0. The van der Waals surface area contributed by atoms with Crippen molar-refractivity contribution in [1.82, 2.24) is 25.3 Å². The van der Waals surface area contributed by atoms with Gasteiger partial charge < -0.3 is 25.7 Å². The van der Waals surface area contributed by atoms with Crippen molar-refractivity contribution in [3.63, 3.8) is 0 Å². The Morgan fingerprint density at radius 3 is 2.43 bits per heavy atom. The van der Waals surface area contributed by atoms with E-state index in [4.69, 9.17) is 0 Å². The fourth-order valence-corrected chi connectivity index (χ4v) is 3.07. The number of nitrogens with zero attached hydrogens (tertiary/aromatic N) is 3. The number of rotatable bonds is 6. The van der Waals surface area contributed by atoms with Gasteiger partial charge in [-0.25, -0.2) is 4.68 Å². The van der Waals surface area contributed by atoms with Crippen LogP contribution < -0.4 is 10.6 Å². The summed E-state index contributed by atoms with van der Waals surface area (Å²) in [5.74, 6) is -1.43. The van der Waals surface area contributed by atoms with Crippen LogP contribution in [-0.2, 0) is 9.59 Å². The molecular formula is C19H25N5O4. The summed E-state index contributed by atoms with van der Waals surface area (Å²) in [4.78, 5) is 26.0. The quantitative estimate of drug-likeness (QED) is 0.515. The molecule has 3 atom stereocenters. The largest absolute Gasteiger partial charge is 0.380 e. The number of benzene rings is 1. The van der Waals surface area contributed by atoms with E-state index >= 15 is 0 Å². The Bertz CT molecular complexity index is 787. The van der Waals surface area contributed by atoms with E-state index in [1.54, 1.807) is 17.8 Å². The number of piperazine rings is 1. The maximum absolute atomic E-state index is 12.3. The van der Waals surface area contributed by atoms with Crippen LogP contribution >= 0.6 is 0 Å². The highest BCUT2D eigenvalue weighted by Gasteiger charge is 2.34. The fourth-order valence-electron chi connectivity index (χ4n) is 3.07. The van der Waals surface area contributed by atoms with Gasteiger partial charge in [0.1, 0.15) is 0 Å². The number of aliphatic hydroxyl groups is 2. The van der Waals surface area contributed by atoms with Gasteiger partial charge in [-0.15, -0.1) is 0 Å². The molecule has 3 rings (SSSR count). The van der Waals surface area contributed by atoms with Crippen LogP contribution in [-0.4, -0.2) is 75.1 Å². The third-order valence-electron chi connectivity index (χ3n) is 4.77. The highest BCUT2D eigenvalue weighted by atomic mass is 16.3. The van der Waals surface area contributed by atoms with E-state index in [-0.39, 0.29) is 0 Å². The summed E-state index contributed by atoms with van der Waals surface area (Å²) in [5.41, 5.74) is 1.70. The summed E-state index contributed by atoms with van der Waals surface area (Å²) in [5, 5.41) is 30.1. The lowest BCUT2D eigenvalue weighted by atomic mass is 10.1. The molecule has 150 valence electrons. The second-order valence-electron chi connectivity index (χ2n) is 6.74. The molecule has 0 radical (unpaired) electrons. The maximum atomic E-state index is 12.3. The van der Waals surface area contributed by atoms with Crippen LogP contribution in [0.15, 0.2) is 42.7 Å². The molecule has 2 amide bonds. The lowest BCUT2D eigenvalue weighted by Gasteiger charge is -2.30. The first-order valence-electron chi connectivity index (χ1n) is 9.23. The number of aliphatic hydroxyl groups excluding tert-OH is 2. The molecule has 4 N–H and O–H groups in total. The van der Waals surface area contributed by atoms with Gasteiger partial charge in [0.05, 0.1) is 11.7 Å². The zero-order valence-electron chi connectivity index (χ0n) is 15.7. The average molecular weight is 387 g/mol. The van der Waals surface area contributed by atoms with Crippen molar-refractivity contribution in [2.45, 2.75) is 25.2 Å². The van der Waals surface area contributed by atoms with E-state index < -0.39 is 30.1 Å². The van der Waals surface area contributed by atoms with Crippen molar-refractivity contribution >= 4 is 11.8 Å². The number of nitrogens with one attached hydrogen (secondary N) is 2. The zero-order chi connectivity index (χ0) is 20.1. The summed E-state index contributed by atoms with van der Waals surface area (Å²) < 4.78 is 1.72. The molecule has 0 unspecified atom stereocenters. The number of amides is 2. The molecule has 28 heavy (non-hydrogen) atoms. The summed E-state index contributed by atoms with van der Waals surface area (Å²) in [6.45, 7) is 3.86. The number of hydrogen-bond donors (Lipinski definition) is 4. The molecule has 0 bridgehead atoms. The second kappa shape index (κ2) is 8.96. The zero-order valence-corrected chi connectivity index (χ0v) is 15.7. The van der Waals surface area contributed by atoms with Gasteiger partial charge in [-0.3, -0.25) is 9.59 Å². The predicted molar refractivity (Wildman–Crippen MR) is 102 cm³/mol. The first-order chi connectivity index (χ1) is 13.5. The van der Waals surface area contributed by atoms with Crippen molar-refractivity contribution in [1.29, 1.82) is 0 Å². The minimum atomic E-state index is -1.83. The van der Waals surface area contributed by atoms with Crippen molar-refractivity contribution in [2.24, 2.45) is 0 Å². The molecule has 0 aliphatic carbocycles. The van der Waals surface area contributed by atoms with Crippen LogP contribution in [0.25, 0.3) is 5.69 Å². The lowest BCUT2D eigenvalue weighted by molar-refractivity contribution is -0.153. The van der Waals surface area contributed by atoms with E-state index in [1.807, 2.05) is 36.5 Å². The number of carbonyl (C=O) groups excluding carboxylic acids is 2. The van der Waals surface area contributed by atoms with Gasteiger partial charge in [-0.05, 0) is 30.7 Å². The average Bonchev–Trinajstić information content (AvgIpc) is 3.27. The molecule has 1 fully saturated rings. The second-order valence-corrected chi connectivity index (χ2v) is 6.74. The topological polar surface area (TPSA) is 120 Å². The smallest absolute Gasteiger partial charge is 0.254 e. The van der Waals surface area contributed by atoms with Crippen LogP contribution in [0.3, 0.4) is 0 Å². The third kappa shape index (κ3) is 4.56. The maximum Gasteiger partial charge on any atom is 0.254 e. The van der Waals surface area contributed by atoms with Gasteiger partial charge in [0.15, 0.2) is 12.2 Å². The highest BCUT2D eigenvalue weighted by molar-refractivity contribution is 5.90. The molecule has 0 spiro atoms. The molecule has 0 saturated carbocycles. The van der Waals surface area contributed by atoms with Crippen LogP contribution in [0.4, 0.5) is 0 Å². The normalized spacial score (nSPS) is 17.6. The van der Waals surface area contributed by atoms with Crippen molar-refractivity contribution in [3.05, 3.63) is 48.3 Å². The number of aromatic nitrogens is 2. The molecule has 1 aromatic carbocycles. The molecule has 9 heteroatoms. The number of carbonyl (C=O) groups is 2. The van der Waals surface area contributed by atoms with Crippen molar-refractivity contribution in [3.8, 4) is 5.69 Å². The SMILES string of the molecule is C[C@@H](NC(=O)[C@H](O)[C@@H](O)C(=O)N1CCNCC1)c1ccc(-n2cccn2)cc1. The lowest BCUT2D eigenvalue weighted by Crippen LogP contribution is -2.55. The predicted octanol–water partition coefficient (Wildman–Crippen LogP) is -0.797. The van der Waals surface area contributed by atoms with E-state index in [2.05, 4.69) is 15.7 Å². The van der Waals surface area contributed by atoms with Crippen LogP contribution in [0.5, 0.6) is 0 Å². The molecule has 1 aromatic heterocycles. The van der Waals surface area contributed by atoms with Gasteiger partial charge >= 0.3 is 0 Å². The molecule has 2 aromatic rings. The van der Waals surface area contributed by atoms with E-state index in [0.717, 1.165) is 11.3 Å². The highest BCUT2D eigenvalue weighted by Crippen LogP contribution is 2.16. The third-order valence-corrected chi connectivity index (χ3v) is 4.77. The Hall–Kier alpha value is -2.75. The van der Waals surface area contributed by atoms with E-state index in [1.165, 1.54) is 4.90 Å². The van der Waals surface area contributed by atoms with Crippen LogP contribution in [0, 0.1) is 0 Å². The Balaban J connectivity index is 1.57. The molecule has 1 aliphatic rings. The van der Waals surface area contributed by atoms with Crippen molar-refractivity contribution in [2.75, 3.05) is 26.2 Å². The minimum absolute atomic E-state index is 0.407. The molecule has 2 heterocycles. The van der Waals surface area contributed by atoms with Crippen LogP contribution in [0.1, 0.15) is 18.5 Å². The summed E-state index contributed by atoms with van der Waals surface area (Å²) in [6, 6.07) is 8.84. The van der Waals surface area contributed by atoms with Gasteiger partial charge in [-0.1, -0.05) is 12.1 Å². The van der Waals surface area contributed by atoms with Crippen LogP contribution in [0.2, 0.25) is 0 Å².